The third-order valence-corrected chi connectivity index (χ3v) is 5.98. The maximum atomic E-state index is 12.9. The number of carbonyl (C=O) groups excluding carboxylic acids is 2. The number of rotatable bonds is 8. The zero-order chi connectivity index (χ0) is 21.6. The van der Waals surface area contributed by atoms with Crippen molar-refractivity contribution in [1.82, 2.24) is 10.0 Å². The summed E-state index contributed by atoms with van der Waals surface area (Å²) in [6, 6.07) is 11.8. The standard InChI is InChI=1S/C20H23ClN2O5S/c1-13(2)23-29(26,27)15-9-10-17(21)16(11-15)20(25)22-18(12-19(24)28-3)14-7-5-4-6-8-14/h4-11,13,18,23H,12H2,1-3H3,(H,22,25). The molecule has 0 aliphatic carbocycles. The second-order valence-electron chi connectivity index (χ2n) is 6.63. The largest absolute Gasteiger partial charge is 0.469 e. The minimum atomic E-state index is -3.80. The van der Waals surface area contributed by atoms with Crippen LogP contribution in [-0.4, -0.2) is 33.4 Å². The van der Waals surface area contributed by atoms with Crippen LogP contribution >= 0.6 is 11.6 Å². The van der Waals surface area contributed by atoms with E-state index in [9.17, 15) is 18.0 Å². The Bertz CT molecular complexity index is 978. The number of methoxy groups -OCH3 is 1. The highest BCUT2D eigenvalue weighted by molar-refractivity contribution is 7.89. The highest BCUT2D eigenvalue weighted by Crippen LogP contribution is 2.23. The summed E-state index contributed by atoms with van der Waals surface area (Å²) in [4.78, 5) is 24.6. The van der Waals surface area contributed by atoms with Crippen LogP contribution in [0.15, 0.2) is 53.4 Å². The van der Waals surface area contributed by atoms with Crippen molar-refractivity contribution in [2.75, 3.05) is 7.11 Å². The van der Waals surface area contributed by atoms with E-state index in [1.54, 1.807) is 38.1 Å². The van der Waals surface area contributed by atoms with Crippen molar-refractivity contribution in [2.45, 2.75) is 37.2 Å². The summed E-state index contributed by atoms with van der Waals surface area (Å²) in [5.74, 6) is -1.10. The number of amides is 1. The zero-order valence-corrected chi connectivity index (χ0v) is 17.9. The summed E-state index contributed by atoms with van der Waals surface area (Å²) in [5.41, 5.74) is 0.691. The van der Waals surface area contributed by atoms with Crippen LogP contribution in [0, 0.1) is 0 Å². The molecule has 7 nitrogen and oxygen atoms in total. The molecule has 2 rings (SSSR count). The first-order chi connectivity index (χ1) is 13.6. The average Bonchev–Trinajstić information content (AvgIpc) is 2.67. The van der Waals surface area contributed by atoms with Crippen LogP contribution in [0.25, 0.3) is 0 Å². The first-order valence-corrected chi connectivity index (χ1v) is 10.7. The highest BCUT2D eigenvalue weighted by Gasteiger charge is 2.23. The van der Waals surface area contributed by atoms with Crippen LogP contribution in [0.2, 0.25) is 5.02 Å². The molecule has 0 aromatic heterocycles. The van der Waals surface area contributed by atoms with Crippen LogP contribution < -0.4 is 10.0 Å². The zero-order valence-electron chi connectivity index (χ0n) is 16.3. The number of benzene rings is 2. The average molecular weight is 439 g/mol. The lowest BCUT2D eigenvalue weighted by Gasteiger charge is -2.19. The van der Waals surface area contributed by atoms with E-state index in [-0.39, 0.29) is 27.9 Å². The quantitative estimate of drug-likeness (QED) is 0.617. The van der Waals surface area contributed by atoms with Crippen molar-refractivity contribution in [3.63, 3.8) is 0 Å². The topological polar surface area (TPSA) is 102 Å². The molecule has 0 aliphatic rings. The Balaban J connectivity index is 2.34. The Morgan fingerprint density at radius 3 is 2.34 bits per heavy atom. The van der Waals surface area contributed by atoms with Gasteiger partial charge in [-0.15, -0.1) is 0 Å². The fraction of sp³-hybridized carbons (Fsp3) is 0.300. The fourth-order valence-corrected chi connectivity index (χ4v) is 4.13. The van der Waals surface area contributed by atoms with E-state index in [2.05, 4.69) is 10.0 Å². The van der Waals surface area contributed by atoms with E-state index in [1.807, 2.05) is 6.07 Å². The predicted molar refractivity (Wildman–Crippen MR) is 110 cm³/mol. The summed E-state index contributed by atoms with van der Waals surface area (Å²) in [6.07, 6.45) is -0.0865. The van der Waals surface area contributed by atoms with Crippen molar-refractivity contribution < 1.29 is 22.7 Å². The molecule has 0 saturated heterocycles. The number of hydrogen-bond acceptors (Lipinski definition) is 5. The van der Waals surface area contributed by atoms with Gasteiger partial charge in [-0.2, -0.15) is 0 Å². The van der Waals surface area contributed by atoms with Crippen LogP contribution in [0.4, 0.5) is 0 Å². The Morgan fingerprint density at radius 1 is 1.10 bits per heavy atom. The number of nitrogens with one attached hydrogen (secondary N) is 2. The van der Waals surface area contributed by atoms with Crippen LogP contribution in [0.3, 0.4) is 0 Å². The Kier molecular flexibility index (Phi) is 7.78. The van der Waals surface area contributed by atoms with Gasteiger partial charge in [0.15, 0.2) is 0 Å². The molecular formula is C20H23ClN2O5S. The summed E-state index contributed by atoms with van der Waals surface area (Å²) in [7, 11) is -2.54. The number of esters is 1. The van der Waals surface area contributed by atoms with Crippen LogP contribution in [-0.2, 0) is 19.6 Å². The van der Waals surface area contributed by atoms with Crippen molar-refractivity contribution >= 4 is 33.5 Å². The molecule has 1 atom stereocenters. The lowest BCUT2D eigenvalue weighted by molar-refractivity contribution is -0.141. The second kappa shape index (κ2) is 9.87. The normalized spacial score (nSPS) is 12.4. The SMILES string of the molecule is COC(=O)CC(NC(=O)c1cc(S(=O)(=O)NC(C)C)ccc1Cl)c1ccccc1. The number of halogens is 1. The molecule has 0 spiro atoms. The molecule has 0 saturated carbocycles. The third kappa shape index (κ3) is 6.28. The van der Waals surface area contributed by atoms with Crippen molar-refractivity contribution in [3.05, 3.63) is 64.7 Å². The van der Waals surface area contributed by atoms with E-state index in [1.165, 1.54) is 25.3 Å². The molecule has 1 unspecified atom stereocenters. The van der Waals surface area contributed by atoms with Gasteiger partial charge in [0.05, 0.1) is 35.1 Å². The minimum Gasteiger partial charge on any atom is -0.469 e. The monoisotopic (exact) mass is 438 g/mol. The Labute approximate surface area is 175 Å². The first kappa shape index (κ1) is 22.9. The molecule has 2 aromatic rings. The number of carbonyl (C=O) groups is 2. The maximum Gasteiger partial charge on any atom is 0.307 e. The minimum absolute atomic E-state index is 0.0101. The molecule has 29 heavy (non-hydrogen) atoms. The van der Waals surface area contributed by atoms with E-state index in [0.717, 1.165) is 0 Å². The van der Waals surface area contributed by atoms with Gasteiger partial charge in [-0.05, 0) is 37.6 Å². The highest BCUT2D eigenvalue weighted by atomic mass is 35.5. The van der Waals surface area contributed by atoms with Gasteiger partial charge in [0.2, 0.25) is 10.0 Å². The van der Waals surface area contributed by atoms with E-state index in [4.69, 9.17) is 16.3 Å². The number of ether oxygens (including phenoxy) is 1. The van der Waals surface area contributed by atoms with Crippen molar-refractivity contribution in [1.29, 1.82) is 0 Å². The molecule has 0 heterocycles. The molecule has 0 fully saturated rings. The van der Waals surface area contributed by atoms with Gasteiger partial charge in [-0.25, -0.2) is 13.1 Å². The summed E-state index contributed by atoms with van der Waals surface area (Å²) < 4.78 is 32.0. The van der Waals surface area contributed by atoms with Gasteiger partial charge in [0, 0.05) is 6.04 Å². The summed E-state index contributed by atoms with van der Waals surface area (Å²) in [5, 5.41) is 2.83. The van der Waals surface area contributed by atoms with Crippen molar-refractivity contribution in [2.24, 2.45) is 0 Å². The fourth-order valence-electron chi connectivity index (χ4n) is 2.65. The van der Waals surface area contributed by atoms with Crippen LogP contribution in [0.1, 0.15) is 42.2 Å². The third-order valence-electron chi connectivity index (χ3n) is 3.99. The molecule has 9 heteroatoms. The van der Waals surface area contributed by atoms with Crippen molar-refractivity contribution in [3.8, 4) is 0 Å². The second-order valence-corrected chi connectivity index (χ2v) is 8.76. The maximum absolute atomic E-state index is 12.9. The lowest BCUT2D eigenvalue weighted by atomic mass is 10.0. The molecule has 0 bridgehead atoms. The molecule has 0 aliphatic heterocycles. The van der Waals surface area contributed by atoms with Crippen LogP contribution in [0.5, 0.6) is 0 Å². The van der Waals surface area contributed by atoms with Gasteiger partial charge in [-0.1, -0.05) is 41.9 Å². The molecule has 2 aromatic carbocycles. The number of sulfonamides is 1. The predicted octanol–water partition coefficient (Wildman–Crippen LogP) is 3.06. The lowest BCUT2D eigenvalue weighted by Crippen LogP contribution is -2.32. The van der Waals surface area contributed by atoms with Gasteiger partial charge >= 0.3 is 5.97 Å². The summed E-state index contributed by atoms with van der Waals surface area (Å²) >= 11 is 6.14. The summed E-state index contributed by atoms with van der Waals surface area (Å²) in [6.45, 7) is 3.39. The van der Waals surface area contributed by atoms with E-state index in [0.29, 0.717) is 5.56 Å². The molecule has 0 radical (unpaired) electrons. The Hall–Kier alpha value is -2.42. The molecular weight excluding hydrogens is 416 g/mol. The molecule has 156 valence electrons. The van der Waals surface area contributed by atoms with Gasteiger partial charge in [-0.3, -0.25) is 9.59 Å². The number of hydrogen-bond donors (Lipinski definition) is 2. The molecule has 2 N–H and O–H groups in total. The molecule has 1 amide bonds. The van der Waals surface area contributed by atoms with Gasteiger partial charge in [0.1, 0.15) is 0 Å². The first-order valence-electron chi connectivity index (χ1n) is 8.88. The van der Waals surface area contributed by atoms with Gasteiger partial charge < -0.3 is 10.1 Å². The smallest absolute Gasteiger partial charge is 0.307 e. The van der Waals surface area contributed by atoms with E-state index < -0.39 is 27.9 Å². The van der Waals surface area contributed by atoms with Gasteiger partial charge in [0.25, 0.3) is 5.91 Å². The van der Waals surface area contributed by atoms with E-state index >= 15 is 0 Å². The Morgan fingerprint density at radius 2 is 1.76 bits per heavy atom.